The maximum Gasteiger partial charge on any atom is 0.148 e. The zero-order chi connectivity index (χ0) is 8.97. The summed E-state index contributed by atoms with van der Waals surface area (Å²) in [6.45, 7) is 0. The summed E-state index contributed by atoms with van der Waals surface area (Å²) in [7, 11) is 0. The van der Waals surface area contributed by atoms with Crippen LogP contribution in [0.25, 0.3) is 0 Å². The molecule has 0 unspecified atom stereocenters. The number of hydroxylamine groups is 1. The molecule has 0 bridgehead atoms. The fourth-order valence-corrected chi connectivity index (χ4v) is 0.850. The maximum atomic E-state index is 12.8. The van der Waals surface area contributed by atoms with Crippen LogP contribution in [-0.2, 0) is 0 Å². The Hall–Kier alpha value is -1.13. The molecule has 12 heavy (non-hydrogen) atoms. The number of hydrogen-bond donors (Lipinski definition) is 2. The molecule has 2 N–H and O–H groups in total. The summed E-state index contributed by atoms with van der Waals surface area (Å²) < 4.78 is 12.8. The SMILES string of the molecule is ONC=Nc1cc(Cl)ccc1F. The molecule has 0 spiro atoms. The van der Waals surface area contributed by atoms with E-state index < -0.39 is 5.82 Å². The van der Waals surface area contributed by atoms with E-state index in [1.54, 1.807) is 5.48 Å². The third-order valence-electron chi connectivity index (χ3n) is 1.17. The van der Waals surface area contributed by atoms with Gasteiger partial charge in [-0.25, -0.2) is 9.38 Å². The molecule has 0 aromatic heterocycles. The summed E-state index contributed by atoms with van der Waals surface area (Å²) in [5.41, 5.74) is 1.73. The van der Waals surface area contributed by atoms with Crippen molar-refractivity contribution in [3.05, 3.63) is 29.0 Å². The van der Waals surface area contributed by atoms with E-state index in [9.17, 15) is 4.39 Å². The Labute approximate surface area is 73.5 Å². The van der Waals surface area contributed by atoms with Gasteiger partial charge in [0, 0.05) is 5.02 Å². The van der Waals surface area contributed by atoms with Crippen LogP contribution in [0.15, 0.2) is 23.2 Å². The Kier molecular flexibility index (Phi) is 3.01. The van der Waals surface area contributed by atoms with Gasteiger partial charge in [0.15, 0.2) is 0 Å². The molecule has 0 aliphatic carbocycles. The number of nitrogens with one attached hydrogen (secondary N) is 1. The predicted octanol–water partition coefficient (Wildman–Crippen LogP) is 2.12. The molecule has 1 rings (SSSR count). The average molecular weight is 189 g/mol. The van der Waals surface area contributed by atoms with Gasteiger partial charge in [-0.1, -0.05) is 11.6 Å². The second-order valence-corrected chi connectivity index (χ2v) is 2.42. The van der Waals surface area contributed by atoms with Crippen LogP contribution in [0, 0.1) is 5.82 Å². The highest BCUT2D eigenvalue weighted by Crippen LogP contribution is 2.21. The lowest BCUT2D eigenvalue weighted by Gasteiger charge is -1.95. The van der Waals surface area contributed by atoms with Crippen molar-refractivity contribution in [2.45, 2.75) is 0 Å². The van der Waals surface area contributed by atoms with Gasteiger partial charge in [0.2, 0.25) is 0 Å². The zero-order valence-corrected chi connectivity index (χ0v) is 6.72. The van der Waals surface area contributed by atoms with Crippen LogP contribution in [0.2, 0.25) is 5.02 Å². The second kappa shape index (κ2) is 4.04. The largest absolute Gasteiger partial charge is 0.290 e. The Morgan fingerprint density at radius 1 is 1.58 bits per heavy atom. The molecule has 3 nitrogen and oxygen atoms in total. The van der Waals surface area contributed by atoms with E-state index >= 15 is 0 Å². The molecule has 64 valence electrons. The van der Waals surface area contributed by atoms with Crippen molar-refractivity contribution in [3.8, 4) is 0 Å². The Bertz CT molecular complexity index is 303. The first-order valence-corrected chi connectivity index (χ1v) is 3.49. The van der Waals surface area contributed by atoms with E-state index in [1.165, 1.54) is 18.2 Å². The molecule has 0 saturated carbocycles. The van der Waals surface area contributed by atoms with Crippen molar-refractivity contribution in [3.63, 3.8) is 0 Å². The van der Waals surface area contributed by atoms with Gasteiger partial charge in [-0.15, -0.1) is 0 Å². The summed E-state index contributed by atoms with van der Waals surface area (Å²) >= 11 is 5.57. The summed E-state index contributed by atoms with van der Waals surface area (Å²) in [4.78, 5) is 3.54. The molecule has 1 aromatic rings. The molecule has 0 saturated heterocycles. The van der Waals surface area contributed by atoms with Crippen LogP contribution >= 0.6 is 11.6 Å². The standard InChI is InChI=1S/C7H6ClFN2O/c8-5-1-2-6(9)7(3-5)10-4-11-12/h1-4,12H,(H,10,11). The lowest BCUT2D eigenvalue weighted by molar-refractivity contribution is 0.240. The minimum Gasteiger partial charge on any atom is -0.290 e. The van der Waals surface area contributed by atoms with Crippen molar-refractivity contribution >= 4 is 23.6 Å². The molecule has 0 heterocycles. The zero-order valence-electron chi connectivity index (χ0n) is 5.96. The minimum atomic E-state index is -0.495. The monoisotopic (exact) mass is 188 g/mol. The molecule has 1 aromatic carbocycles. The van der Waals surface area contributed by atoms with Gasteiger partial charge < -0.3 is 0 Å². The second-order valence-electron chi connectivity index (χ2n) is 1.98. The van der Waals surface area contributed by atoms with E-state index in [4.69, 9.17) is 16.8 Å². The molecule has 0 radical (unpaired) electrons. The van der Waals surface area contributed by atoms with Gasteiger partial charge in [0.1, 0.15) is 17.8 Å². The van der Waals surface area contributed by atoms with Crippen molar-refractivity contribution in [1.82, 2.24) is 5.48 Å². The molecule has 0 atom stereocenters. The van der Waals surface area contributed by atoms with Crippen molar-refractivity contribution in [2.24, 2.45) is 4.99 Å². The molecule has 5 heteroatoms. The van der Waals surface area contributed by atoms with Crippen LogP contribution in [0.1, 0.15) is 0 Å². The molecule has 0 aliphatic heterocycles. The number of rotatable bonds is 2. The summed E-state index contributed by atoms with van der Waals surface area (Å²) in [6, 6.07) is 3.97. The third-order valence-corrected chi connectivity index (χ3v) is 1.40. The first-order valence-electron chi connectivity index (χ1n) is 3.11. The summed E-state index contributed by atoms with van der Waals surface area (Å²) in [6.07, 6.45) is 0.953. The van der Waals surface area contributed by atoms with Crippen LogP contribution < -0.4 is 5.48 Å². The van der Waals surface area contributed by atoms with Gasteiger partial charge in [-0.2, -0.15) is 0 Å². The molecular formula is C7H6ClFN2O. The van der Waals surface area contributed by atoms with E-state index in [1.807, 2.05) is 0 Å². The van der Waals surface area contributed by atoms with Gasteiger partial charge in [0.25, 0.3) is 0 Å². The Balaban J connectivity index is 2.97. The van der Waals surface area contributed by atoms with Gasteiger partial charge >= 0.3 is 0 Å². The lowest BCUT2D eigenvalue weighted by atomic mass is 10.3. The molecule has 0 amide bonds. The first kappa shape index (κ1) is 8.96. The number of benzene rings is 1. The number of aliphatic imine (C=N–C) groups is 1. The van der Waals surface area contributed by atoms with E-state index in [0.717, 1.165) is 6.34 Å². The normalized spacial score (nSPS) is 10.6. The molecule has 0 fully saturated rings. The van der Waals surface area contributed by atoms with Crippen LogP contribution in [0.5, 0.6) is 0 Å². The van der Waals surface area contributed by atoms with E-state index in [2.05, 4.69) is 4.99 Å². The van der Waals surface area contributed by atoms with Crippen molar-refractivity contribution in [1.29, 1.82) is 0 Å². The predicted molar refractivity (Wildman–Crippen MR) is 44.5 cm³/mol. The Morgan fingerprint density at radius 2 is 2.33 bits per heavy atom. The van der Waals surface area contributed by atoms with Crippen molar-refractivity contribution in [2.75, 3.05) is 0 Å². The van der Waals surface area contributed by atoms with Crippen LogP contribution in [-0.4, -0.2) is 11.5 Å². The van der Waals surface area contributed by atoms with Crippen molar-refractivity contribution < 1.29 is 9.60 Å². The summed E-state index contributed by atoms with van der Waals surface area (Å²) in [5, 5.41) is 8.52. The minimum absolute atomic E-state index is 0.0732. The van der Waals surface area contributed by atoms with E-state index in [0.29, 0.717) is 5.02 Å². The quantitative estimate of drug-likeness (QED) is 0.424. The first-order chi connectivity index (χ1) is 5.74. The number of nitrogens with zero attached hydrogens (tertiary/aromatic N) is 1. The third kappa shape index (κ3) is 2.18. The van der Waals surface area contributed by atoms with Gasteiger partial charge in [0.05, 0.1) is 0 Å². The summed E-state index contributed by atoms with van der Waals surface area (Å²) in [5.74, 6) is -0.495. The number of hydrogen-bond acceptors (Lipinski definition) is 2. The van der Waals surface area contributed by atoms with Gasteiger partial charge in [-0.05, 0) is 18.2 Å². The van der Waals surface area contributed by atoms with Gasteiger partial charge in [-0.3, -0.25) is 10.7 Å². The lowest BCUT2D eigenvalue weighted by Crippen LogP contribution is -2.01. The van der Waals surface area contributed by atoms with E-state index in [-0.39, 0.29) is 5.69 Å². The molecular weight excluding hydrogens is 183 g/mol. The highest BCUT2D eigenvalue weighted by Gasteiger charge is 1.99. The number of halogens is 2. The highest BCUT2D eigenvalue weighted by atomic mass is 35.5. The Morgan fingerprint density at radius 3 is 3.00 bits per heavy atom. The fraction of sp³-hybridized carbons (Fsp3) is 0. The topological polar surface area (TPSA) is 44.6 Å². The van der Waals surface area contributed by atoms with Crippen LogP contribution in [0.3, 0.4) is 0 Å². The highest BCUT2D eigenvalue weighted by molar-refractivity contribution is 6.30. The average Bonchev–Trinajstić information content (AvgIpc) is 2.07. The smallest absolute Gasteiger partial charge is 0.148 e. The molecule has 0 aliphatic rings. The maximum absolute atomic E-state index is 12.8. The fourth-order valence-electron chi connectivity index (χ4n) is 0.683. The van der Waals surface area contributed by atoms with Crippen LogP contribution in [0.4, 0.5) is 10.1 Å².